The number of carbonyl (C=O) groups is 2. The molecule has 0 bridgehead atoms. The Morgan fingerprint density at radius 3 is 2.65 bits per heavy atom. The Hall–Kier alpha value is -2.78. The maximum absolute atomic E-state index is 12.6. The molecule has 0 aliphatic carbocycles. The first-order valence-corrected chi connectivity index (χ1v) is 10.3. The van der Waals surface area contributed by atoms with Crippen molar-refractivity contribution in [3.63, 3.8) is 0 Å². The van der Waals surface area contributed by atoms with Gasteiger partial charge in [0, 0.05) is 7.05 Å². The Morgan fingerprint density at radius 1 is 1.23 bits per heavy atom. The smallest absolute Gasteiger partial charge is 0.410 e. The lowest BCUT2D eigenvalue weighted by molar-refractivity contribution is -0.0668. The predicted octanol–water partition coefficient (Wildman–Crippen LogP) is 3.25. The van der Waals surface area contributed by atoms with Gasteiger partial charge in [0.25, 0.3) is 5.91 Å². The van der Waals surface area contributed by atoms with Crippen LogP contribution in [0.1, 0.15) is 49.9 Å². The molecule has 1 aliphatic heterocycles. The molecule has 31 heavy (non-hydrogen) atoms. The molecule has 2 aromatic rings. The third-order valence-corrected chi connectivity index (χ3v) is 4.83. The fourth-order valence-electron chi connectivity index (χ4n) is 3.12. The van der Waals surface area contributed by atoms with Crippen molar-refractivity contribution >= 4 is 23.6 Å². The number of nitrogens with zero attached hydrogens (tertiary/aromatic N) is 4. The Kier molecular flexibility index (Phi) is 6.76. The van der Waals surface area contributed by atoms with E-state index in [9.17, 15) is 9.59 Å². The van der Waals surface area contributed by atoms with E-state index < -0.39 is 11.7 Å². The Balaban J connectivity index is 1.88. The first-order chi connectivity index (χ1) is 14.6. The number of nitrogens with one attached hydrogen (secondary N) is 1. The van der Waals surface area contributed by atoms with Crippen molar-refractivity contribution in [1.82, 2.24) is 25.2 Å². The third kappa shape index (κ3) is 5.68. The quantitative estimate of drug-likeness (QED) is 0.719. The topological polar surface area (TPSA) is 107 Å². The molecule has 3 heterocycles. The molecule has 0 spiro atoms. The monoisotopic (exact) mass is 447 g/mol. The van der Waals surface area contributed by atoms with E-state index in [0.717, 1.165) is 5.56 Å². The number of hydrogen-bond acceptors (Lipinski definition) is 7. The number of ether oxygens (including phenoxy) is 2. The summed E-state index contributed by atoms with van der Waals surface area (Å²) in [6.07, 6.45) is 0.494. The van der Waals surface area contributed by atoms with Crippen LogP contribution in [0.3, 0.4) is 0 Å². The van der Waals surface area contributed by atoms with Crippen LogP contribution in [0.15, 0.2) is 24.5 Å². The lowest BCUT2D eigenvalue weighted by Gasteiger charge is -2.38. The number of amides is 2. The number of aromatic nitrogens is 3. The summed E-state index contributed by atoms with van der Waals surface area (Å²) in [4.78, 5) is 38.7. The summed E-state index contributed by atoms with van der Waals surface area (Å²) in [7, 11) is 1.53. The molecule has 9 nitrogen and oxygen atoms in total. The van der Waals surface area contributed by atoms with Gasteiger partial charge in [-0.15, -0.1) is 0 Å². The van der Waals surface area contributed by atoms with E-state index >= 15 is 0 Å². The molecule has 3 rings (SSSR count). The highest BCUT2D eigenvalue weighted by Crippen LogP contribution is 2.30. The molecule has 10 heteroatoms. The van der Waals surface area contributed by atoms with Gasteiger partial charge in [-0.2, -0.15) is 0 Å². The summed E-state index contributed by atoms with van der Waals surface area (Å²) >= 11 is 6.27. The molecular weight excluding hydrogens is 422 g/mol. The first-order valence-electron chi connectivity index (χ1n) is 9.90. The highest BCUT2D eigenvalue weighted by molar-refractivity contribution is 6.29. The van der Waals surface area contributed by atoms with Crippen molar-refractivity contribution in [2.75, 3.05) is 20.2 Å². The fraction of sp³-hybridized carbons (Fsp3) is 0.476. The van der Waals surface area contributed by atoms with Crippen LogP contribution in [0.5, 0.6) is 0 Å². The van der Waals surface area contributed by atoms with E-state index in [4.69, 9.17) is 21.1 Å². The van der Waals surface area contributed by atoms with E-state index in [1.165, 1.54) is 19.4 Å². The van der Waals surface area contributed by atoms with Crippen LogP contribution in [0.4, 0.5) is 4.79 Å². The van der Waals surface area contributed by atoms with Crippen molar-refractivity contribution in [3.05, 3.63) is 40.9 Å². The molecule has 0 aromatic carbocycles. The van der Waals surface area contributed by atoms with Crippen molar-refractivity contribution in [3.8, 4) is 11.4 Å². The number of rotatable bonds is 3. The molecule has 166 valence electrons. The van der Waals surface area contributed by atoms with Crippen LogP contribution in [-0.4, -0.2) is 63.7 Å². The number of halogens is 1. The predicted molar refractivity (Wildman–Crippen MR) is 115 cm³/mol. The second-order valence-electron chi connectivity index (χ2n) is 8.28. The van der Waals surface area contributed by atoms with Crippen molar-refractivity contribution in [2.45, 2.75) is 45.4 Å². The van der Waals surface area contributed by atoms with Gasteiger partial charge in [-0.25, -0.2) is 19.7 Å². The summed E-state index contributed by atoms with van der Waals surface area (Å²) in [6.45, 7) is 8.06. The van der Waals surface area contributed by atoms with Crippen LogP contribution in [0, 0.1) is 0 Å². The summed E-state index contributed by atoms with van der Waals surface area (Å²) in [5.41, 5.74) is 1.30. The van der Waals surface area contributed by atoms with E-state index in [1.54, 1.807) is 17.0 Å². The minimum atomic E-state index is -0.590. The normalized spacial score (nSPS) is 19.1. The van der Waals surface area contributed by atoms with Gasteiger partial charge in [0.05, 0.1) is 30.6 Å². The molecule has 2 aromatic heterocycles. The first kappa shape index (κ1) is 22.9. The van der Waals surface area contributed by atoms with Crippen molar-refractivity contribution < 1.29 is 19.1 Å². The molecule has 1 N–H and O–H groups in total. The van der Waals surface area contributed by atoms with E-state index in [-0.39, 0.29) is 28.9 Å². The highest BCUT2D eigenvalue weighted by atomic mass is 35.5. The molecule has 1 aliphatic rings. The lowest BCUT2D eigenvalue weighted by Crippen LogP contribution is -2.49. The lowest BCUT2D eigenvalue weighted by atomic mass is 10.1. The Morgan fingerprint density at radius 2 is 1.97 bits per heavy atom. The maximum Gasteiger partial charge on any atom is 0.410 e. The van der Waals surface area contributed by atoms with Gasteiger partial charge >= 0.3 is 6.09 Å². The maximum atomic E-state index is 12.6. The van der Waals surface area contributed by atoms with Gasteiger partial charge < -0.3 is 19.7 Å². The van der Waals surface area contributed by atoms with E-state index in [2.05, 4.69) is 20.3 Å². The molecular formula is C21H26ClN5O4. The van der Waals surface area contributed by atoms with Crippen molar-refractivity contribution in [1.29, 1.82) is 0 Å². The van der Waals surface area contributed by atoms with Gasteiger partial charge in [0.15, 0.2) is 0 Å². The zero-order valence-corrected chi connectivity index (χ0v) is 18.9. The fourth-order valence-corrected chi connectivity index (χ4v) is 3.33. The minimum Gasteiger partial charge on any atom is -0.444 e. The summed E-state index contributed by atoms with van der Waals surface area (Å²) < 4.78 is 11.5. The highest BCUT2D eigenvalue weighted by Gasteiger charge is 2.33. The zero-order valence-electron chi connectivity index (χ0n) is 18.2. The van der Waals surface area contributed by atoms with Crippen LogP contribution in [-0.2, 0) is 9.47 Å². The standard InChI is InChI=1S/C21H26ClN5O4/c1-12-10-30-17(9-27(12)20(29)31-21(2,3)4)13-6-15(26-18(22)7-13)14-8-16(19(28)23-5)25-11-24-14/h6-8,11-12,17H,9-10H2,1-5H3,(H,23,28)/t12-,17-/m0/s1. The largest absolute Gasteiger partial charge is 0.444 e. The van der Waals surface area contributed by atoms with Crippen LogP contribution in [0.25, 0.3) is 11.4 Å². The number of pyridine rings is 1. The molecule has 0 saturated carbocycles. The van der Waals surface area contributed by atoms with Crippen LogP contribution in [0.2, 0.25) is 5.15 Å². The third-order valence-electron chi connectivity index (χ3n) is 4.64. The number of hydrogen-bond donors (Lipinski definition) is 1. The molecule has 1 saturated heterocycles. The average molecular weight is 448 g/mol. The van der Waals surface area contributed by atoms with Gasteiger partial charge in [-0.05, 0) is 51.5 Å². The molecule has 2 amide bonds. The van der Waals surface area contributed by atoms with E-state index in [1.807, 2.05) is 27.7 Å². The minimum absolute atomic E-state index is 0.125. The Bertz CT molecular complexity index is 978. The molecule has 2 atom stereocenters. The summed E-state index contributed by atoms with van der Waals surface area (Å²) in [5.74, 6) is -0.330. The van der Waals surface area contributed by atoms with Crippen molar-refractivity contribution in [2.24, 2.45) is 0 Å². The molecule has 1 fully saturated rings. The van der Waals surface area contributed by atoms with Crippen LogP contribution >= 0.6 is 11.6 Å². The summed E-state index contributed by atoms with van der Waals surface area (Å²) in [5, 5.41) is 2.77. The summed E-state index contributed by atoms with van der Waals surface area (Å²) in [6, 6.07) is 4.90. The second kappa shape index (κ2) is 9.15. The second-order valence-corrected chi connectivity index (χ2v) is 8.67. The number of morpholine rings is 1. The SMILES string of the molecule is CNC(=O)c1cc(-c2cc([C@@H]3CN(C(=O)OC(C)(C)C)[C@@H](C)CO3)cc(Cl)n2)ncn1. The van der Waals surface area contributed by atoms with Gasteiger partial charge in [0.1, 0.15) is 28.9 Å². The molecule has 0 unspecified atom stereocenters. The molecule has 0 radical (unpaired) electrons. The van der Waals surface area contributed by atoms with Crippen LogP contribution < -0.4 is 5.32 Å². The average Bonchev–Trinajstić information content (AvgIpc) is 2.71. The number of carbonyl (C=O) groups excluding carboxylic acids is 2. The van der Waals surface area contributed by atoms with Gasteiger partial charge in [-0.3, -0.25) is 4.79 Å². The van der Waals surface area contributed by atoms with Gasteiger partial charge in [-0.1, -0.05) is 11.6 Å². The van der Waals surface area contributed by atoms with E-state index in [0.29, 0.717) is 24.5 Å². The van der Waals surface area contributed by atoms with Gasteiger partial charge in [0.2, 0.25) is 0 Å². The zero-order chi connectivity index (χ0) is 22.8. The Labute approximate surface area is 186 Å².